The second kappa shape index (κ2) is 5.38. The van der Waals surface area contributed by atoms with Gasteiger partial charge in [0, 0.05) is 23.6 Å². The topological polar surface area (TPSA) is 115 Å². The molecular formula is C13H16N4O3. The Morgan fingerprint density at radius 1 is 1.50 bits per heavy atom. The van der Waals surface area contributed by atoms with Gasteiger partial charge in [-0.25, -0.2) is 4.98 Å². The molecule has 0 saturated heterocycles. The van der Waals surface area contributed by atoms with E-state index in [0.717, 1.165) is 0 Å². The molecule has 20 heavy (non-hydrogen) atoms. The molecule has 106 valence electrons. The Morgan fingerprint density at radius 3 is 2.75 bits per heavy atom. The summed E-state index contributed by atoms with van der Waals surface area (Å²) in [5, 5.41) is 11.5. The maximum absolute atomic E-state index is 11.7. The first-order valence-electron chi connectivity index (χ1n) is 6.37. The lowest BCUT2D eigenvalue weighted by Gasteiger charge is -2.19. The van der Waals surface area contributed by atoms with Gasteiger partial charge in [-0.3, -0.25) is 14.9 Å². The van der Waals surface area contributed by atoms with Crippen molar-refractivity contribution < 1.29 is 4.92 Å². The van der Waals surface area contributed by atoms with Crippen molar-refractivity contribution >= 4 is 16.6 Å². The number of aromatic amines is 1. The van der Waals surface area contributed by atoms with E-state index in [0.29, 0.717) is 17.5 Å². The number of nitro groups is 1. The highest BCUT2D eigenvalue weighted by molar-refractivity contribution is 5.81. The smallest absolute Gasteiger partial charge is 0.273 e. The van der Waals surface area contributed by atoms with Crippen LogP contribution in [0.5, 0.6) is 0 Å². The van der Waals surface area contributed by atoms with E-state index in [4.69, 9.17) is 5.73 Å². The van der Waals surface area contributed by atoms with E-state index in [9.17, 15) is 14.9 Å². The van der Waals surface area contributed by atoms with E-state index in [1.165, 1.54) is 12.4 Å². The van der Waals surface area contributed by atoms with Crippen LogP contribution in [0.2, 0.25) is 0 Å². The molecule has 0 fully saturated rings. The number of rotatable bonds is 4. The van der Waals surface area contributed by atoms with E-state index < -0.39 is 10.5 Å². The molecule has 7 heteroatoms. The standard InChI is InChI=1S/C13H16N4O3/c1-3-8(7(2)14)9-4-11-10(5-12(9)17(19)20)13(18)16-6-15-11/h4-8H,3,14H2,1-2H3,(H,15,16,18). The normalized spacial score (nSPS) is 14.2. The van der Waals surface area contributed by atoms with Crippen LogP contribution in [0, 0.1) is 10.1 Å². The molecule has 0 aliphatic carbocycles. The Morgan fingerprint density at radius 2 is 2.20 bits per heavy atom. The maximum atomic E-state index is 11.7. The molecule has 1 aromatic heterocycles. The van der Waals surface area contributed by atoms with E-state index in [2.05, 4.69) is 9.97 Å². The SMILES string of the molecule is CCC(c1cc2nc[nH]c(=O)c2cc1[N+](=O)[O-])C(C)N. The van der Waals surface area contributed by atoms with Crippen molar-refractivity contribution in [3.05, 3.63) is 44.5 Å². The third-order valence-corrected chi connectivity index (χ3v) is 3.46. The number of H-pyrrole nitrogens is 1. The third-order valence-electron chi connectivity index (χ3n) is 3.46. The summed E-state index contributed by atoms with van der Waals surface area (Å²) in [4.78, 5) is 28.9. The molecule has 0 aliphatic rings. The van der Waals surface area contributed by atoms with Crippen LogP contribution in [0.4, 0.5) is 5.69 Å². The van der Waals surface area contributed by atoms with Gasteiger partial charge in [0.2, 0.25) is 0 Å². The molecule has 2 aromatic rings. The van der Waals surface area contributed by atoms with Gasteiger partial charge < -0.3 is 10.7 Å². The summed E-state index contributed by atoms with van der Waals surface area (Å²) >= 11 is 0. The number of hydrogen-bond donors (Lipinski definition) is 2. The fourth-order valence-electron chi connectivity index (χ4n) is 2.45. The van der Waals surface area contributed by atoms with Gasteiger partial charge in [0.05, 0.1) is 22.2 Å². The zero-order valence-corrected chi connectivity index (χ0v) is 11.3. The van der Waals surface area contributed by atoms with Gasteiger partial charge in [-0.05, 0) is 19.4 Å². The van der Waals surface area contributed by atoms with Gasteiger partial charge in [-0.2, -0.15) is 0 Å². The van der Waals surface area contributed by atoms with E-state index >= 15 is 0 Å². The van der Waals surface area contributed by atoms with Crippen molar-refractivity contribution in [3.8, 4) is 0 Å². The highest BCUT2D eigenvalue weighted by Crippen LogP contribution is 2.32. The zero-order chi connectivity index (χ0) is 14.9. The molecule has 0 bridgehead atoms. The number of nitro benzene ring substituents is 1. The molecule has 1 aromatic carbocycles. The summed E-state index contributed by atoms with van der Waals surface area (Å²) in [6, 6.07) is 2.65. The average Bonchev–Trinajstić information content (AvgIpc) is 2.38. The number of fused-ring (bicyclic) bond motifs is 1. The number of aromatic nitrogens is 2. The van der Waals surface area contributed by atoms with Gasteiger partial charge in [0.1, 0.15) is 0 Å². The minimum atomic E-state index is -0.480. The number of nitrogens with two attached hydrogens (primary N) is 1. The number of nitrogens with one attached hydrogen (secondary N) is 1. The monoisotopic (exact) mass is 276 g/mol. The van der Waals surface area contributed by atoms with Gasteiger partial charge >= 0.3 is 0 Å². The van der Waals surface area contributed by atoms with E-state index in [1.54, 1.807) is 6.07 Å². The quantitative estimate of drug-likeness (QED) is 0.651. The average molecular weight is 276 g/mol. The van der Waals surface area contributed by atoms with Crippen molar-refractivity contribution in [2.24, 2.45) is 5.73 Å². The fourth-order valence-corrected chi connectivity index (χ4v) is 2.45. The van der Waals surface area contributed by atoms with Crippen molar-refractivity contribution in [3.63, 3.8) is 0 Å². The largest absolute Gasteiger partial charge is 0.327 e. The second-order valence-corrected chi connectivity index (χ2v) is 4.79. The molecule has 0 saturated carbocycles. The van der Waals surface area contributed by atoms with Crippen LogP contribution in [-0.2, 0) is 0 Å². The number of nitrogens with zero attached hydrogens (tertiary/aromatic N) is 2. The summed E-state index contributed by atoms with van der Waals surface area (Å²) in [6.45, 7) is 3.74. The first-order valence-corrected chi connectivity index (χ1v) is 6.37. The molecule has 0 aliphatic heterocycles. The summed E-state index contributed by atoms with van der Waals surface area (Å²) in [5.41, 5.74) is 6.40. The van der Waals surface area contributed by atoms with Crippen molar-refractivity contribution in [2.45, 2.75) is 32.2 Å². The van der Waals surface area contributed by atoms with E-state index in [-0.39, 0.29) is 23.0 Å². The number of benzene rings is 1. The highest BCUT2D eigenvalue weighted by Gasteiger charge is 2.25. The summed E-state index contributed by atoms with van der Waals surface area (Å²) < 4.78 is 0. The highest BCUT2D eigenvalue weighted by atomic mass is 16.6. The fraction of sp³-hybridized carbons (Fsp3) is 0.385. The summed E-state index contributed by atoms with van der Waals surface area (Å²) in [6.07, 6.45) is 1.96. The van der Waals surface area contributed by atoms with Gasteiger partial charge in [0.15, 0.2) is 0 Å². The second-order valence-electron chi connectivity index (χ2n) is 4.79. The Kier molecular flexibility index (Phi) is 3.80. The first kappa shape index (κ1) is 14.1. The van der Waals surface area contributed by atoms with Crippen LogP contribution in [0.25, 0.3) is 10.9 Å². The van der Waals surface area contributed by atoms with Crippen LogP contribution in [0.3, 0.4) is 0 Å². The maximum Gasteiger partial charge on any atom is 0.273 e. The third kappa shape index (κ3) is 2.39. The minimum Gasteiger partial charge on any atom is -0.327 e. The van der Waals surface area contributed by atoms with Crippen molar-refractivity contribution in [1.29, 1.82) is 0 Å². The van der Waals surface area contributed by atoms with Crippen LogP contribution in [0.1, 0.15) is 31.7 Å². The molecule has 2 atom stereocenters. The molecular weight excluding hydrogens is 260 g/mol. The van der Waals surface area contributed by atoms with Crippen LogP contribution >= 0.6 is 0 Å². The predicted octanol–water partition coefficient (Wildman–Crippen LogP) is 1.67. The summed E-state index contributed by atoms with van der Waals surface area (Å²) in [7, 11) is 0. The lowest BCUT2D eigenvalue weighted by molar-refractivity contribution is -0.385. The molecule has 7 nitrogen and oxygen atoms in total. The van der Waals surface area contributed by atoms with Crippen molar-refractivity contribution in [1.82, 2.24) is 9.97 Å². The Labute approximate surface area is 115 Å². The Balaban J connectivity index is 2.78. The first-order chi connectivity index (χ1) is 9.45. The molecule has 2 rings (SSSR count). The summed E-state index contributed by atoms with van der Waals surface area (Å²) in [5.74, 6) is -0.152. The minimum absolute atomic E-state index is 0.0832. The predicted molar refractivity (Wildman–Crippen MR) is 75.7 cm³/mol. The van der Waals surface area contributed by atoms with Crippen molar-refractivity contribution in [2.75, 3.05) is 0 Å². The lowest BCUT2D eigenvalue weighted by atomic mass is 9.88. The molecule has 0 radical (unpaired) electrons. The lowest BCUT2D eigenvalue weighted by Crippen LogP contribution is -2.25. The van der Waals surface area contributed by atoms with Crippen LogP contribution in [-0.4, -0.2) is 20.9 Å². The van der Waals surface area contributed by atoms with Crippen LogP contribution < -0.4 is 11.3 Å². The number of hydrogen-bond acceptors (Lipinski definition) is 5. The molecule has 2 unspecified atom stereocenters. The van der Waals surface area contributed by atoms with Gasteiger partial charge in [-0.15, -0.1) is 0 Å². The van der Waals surface area contributed by atoms with Gasteiger partial charge in [-0.1, -0.05) is 6.92 Å². The Hall–Kier alpha value is -2.28. The molecule has 0 spiro atoms. The van der Waals surface area contributed by atoms with Gasteiger partial charge in [0.25, 0.3) is 11.2 Å². The Bertz CT molecular complexity index is 708. The molecule has 1 heterocycles. The van der Waals surface area contributed by atoms with E-state index in [1.807, 2.05) is 13.8 Å². The van der Waals surface area contributed by atoms with Crippen LogP contribution in [0.15, 0.2) is 23.3 Å². The molecule has 3 N–H and O–H groups in total. The zero-order valence-electron chi connectivity index (χ0n) is 11.3. The molecule has 0 amide bonds.